The van der Waals surface area contributed by atoms with Crippen LogP contribution in [0.4, 0.5) is 0 Å². The first-order valence-corrected chi connectivity index (χ1v) is 11.1. The van der Waals surface area contributed by atoms with Crippen LogP contribution >= 0.6 is 0 Å². The SMILES string of the molecule is CCCCCC(O)C=CC1C(C)CC(O)C1CC=CCCCC(=O)NCCO. The maximum Gasteiger partial charge on any atom is 0.220 e. The predicted molar refractivity (Wildman–Crippen MR) is 114 cm³/mol. The van der Waals surface area contributed by atoms with Gasteiger partial charge in [0.2, 0.25) is 5.91 Å². The van der Waals surface area contributed by atoms with Gasteiger partial charge < -0.3 is 20.6 Å². The molecule has 1 rings (SSSR count). The fourth-order valence-corrected chi connectivity index (χ4v) is 4.03. The molecule has 5 atom stereocenters. The van der Waals surface area contributed by atoms with Gasteiger partial charge in [-0.05, 0) is 49.9 Å². The number of unbranched alkanes of at least 4 members (excludes halogenated alkanes) is 3. The van der Waals surface area contributed by atoms with Gasteiger partial charge in [0.05, 0.1) is 18.8 Å². The lowest BCUT2D eigenvalue weighted by atomic mass is 9.86. The van der Waals surface area contributed by atoms with Crippen molar-refractivity contribution in [1.82, 2.24) is 5.32 Å². The van der Waals surface area contributed by atoms with Gasteiger partial charge in [0.15, 0.2) is 0 Å². The molecule has 1 aliphatic rings. The molecule has 5 heteroatoms. The van der Waals surface area contributed by atoms with Crippen molar-refractivity contribution < 1.29 is 20.1 Å². The number of aliphatic hydroxyl groups is 3. The number of allylic oxidation sites excluding steroid dienone is 3. The highest BCUT2D eigenvalue weighted by Crippen LogP contribution is 2.40. The first-order chi connectivity index (χ1) is 13.5. The van der Waals surface area contributed by atoms with E-state index >= 15 is 0 Å². The highest BCUT2D eigenvalue weighted by Gasteiger charge is 2.37. The molecule has 5 nitrogen and oxygen atoms in total. The Morgan fingerprint density at radius 2 is 2.04 bits per heavy atom. The topological polar surface area (TPSA) is 89.8 Å². The molecule has 5 unspecified atom stereocenters. The standard InChI is InChI=1S/C23H41NO4/c1-3-4-7-10-19(26)13-14-20-18(2)17-22(27)21(20)11-8-5-6-9-12-23(28)24-15-16-25/h5,8,13-14,18-22,25-27H,3-4,6-7,9-12,15-17H2,1-2H3,(H,24,28). The highest BCUT2D eigenvalue weighted by molar-refractivity contribution is 5.75. The van der Waals surface area contributed by atoms with Crippen molar-refractivity contribution in [3.8, 4) is 0 Å². The van der Waals surface area contributed by atoms with Gasteiger partial charge in [-0.2, -0.15) is 0 Å². The van der Waals surface area contributed by atoms with E-state index in [0.717, 1.165) is 51.4 Å². The first-order valence-electron chi connectivity index (χ1n) is 11.1. The number of rotatable bonds is 14. The maximum atomic E-state index is 11.5. The lowest BCUT2D eigenvalue weighted by Gasteiger charge is -2.20. The van der Waals surface area contributed by atoms with Crippen molar-refractivity contribution in [3.63, 3.8) is 0 Å². The summed E-state index contributed by atoms with van der Waals surface area (Å²) < 4.78 is 0. The summed E-state index contributed by atoms with van der Waals surface area (Å²) in [7, 11) is 0. The molecule has 1 saturated carbocycles. The van der Waals surface area contributed by atoms with Crippen molar-refractivity contribution in [2.24, 2.45) is 17.8 Å². The van der Waals surface area contributed by atoms with Gasteiger partial charge in [-0.3, -0.25) is 4.79 Å². The van der Waals surface area contributed by atoms with Gasteiger partial charge in [-0.25, -0.2) is 0 Å². The minimum absolute atomic E-state index is 0.0230. The van der Waals surface area contributed by atoms with Gasteiger partial charge >= 0.3 is 0 Å². The van der Waals surface area contributed by atoms with Crippen LogP contribution < -0.4 is 5.32 Å². The molecule has 1 fully saturated rings. The quantitative estimate of drug-likeness (QED) is 0.268. The fourth-order valence-electron chi connectivity index (χ4n) is 4.03. The molecule has 0 aromatic carbocycles. The maximum absolute atomic E-state index is 11.5. The summed E-state index contributed by atoms with van der Waals surface area (Å²) in [5.41, 5.74) is 0. The summed E-state index contributed by atoms with van der Waals surface area (Å²) in [6.07, 6.45) is 15.5. The number of nitrogens with one attached hydrogen (secondary N) is 1. The van der Waals surface area contributed by atoms with E-state index in [2.05, 4.69) is 37.4 Å². The minimum Gasteiger partial charge on any atom is -0.395 e. The first kappa shape index (κ1) is 24.9. The molecule has 0 radical (unpaired) electrons. The van der Waals surface area contributed by atoms with E-state index in [9.17, 15) is 15.0 Å². The van der Waals surface area contributed by atoms with E-state index in [1.165, 1.54) is 0 Å². The second kappa shape index (κ2) is 14.8. The summed E-state index contributed by atoms with van der Waals surface area (Å²) in [4.78, 5) is 11.5. The fraction of sp³-hybridized carbons (Fsp3) is 0.783. The molecule has 1 aliphatic carbocycles. The Kier molecular flexibility index (Phi) is 13.1. The summed E-state index contributed by atoms with van der Waals surface area (Å²) in [6, 6.07) is 0. The number of amides is 1. The molecule has 28 heavy (non-hydrogen) atoms. The molecule has 0 saturated heterocycles. The van der Waals surface area contributed by atoms with Crippen molar-refractivity contribution in [3.05, 3.63) is 24.3 Å². The van der Waals surface area contributed by atoms with Crippen LogP contribution in [0.2, 0.25) is 0 Å². The molecular weight excluding hydrogens is 354 g/mol. The van der Waals surface area contributed by atoms with Gasteiger partial charge in [-0.1, -0.05) is 57.4 Å². The van der Waals surface area contributed by atoms with E-state index in [0.29, 0.717) is 24.8 Å². The van der Waals surface area contributed by atoms with Crippen molar-refractivity contribution in [2.75, 3.05) is 13.2 Å². The van der Waals surface area contributed by atoms with Crippen molar-refractivity contribution in [2.45, 2.75) is 83.8 Å². The van der Waals surface area contributed by atoms with Crippen LogP contribution in [-0.4, -0.2) is 46.6 Å². The van der Waals surface area contributed by atoms with E-state index in [4.69, 9.17) is 5.11 Å². The zero-order valence-electron chi connectivity index (χ0n) is 17.7. The number of hydrogen-bond acceptors (Lipinski definition) is 4. The normalized spacial score (nSPS) is 26.3. The summed E-state index contributed by atoms with van der Waals surface area (Å²) in [5.74, 6) is 0.885. The van der Waals surface area contributed by atoms with Crippen molar-refractivity contribution >= 4 is 5.91 Å². The molecule has 0 aromatic rings. The number of hydrogen-bond donors (Lipinski definition) is 4. The van der Waals surface area contributed by atoms with E-state index < -0.39 is 0 Å². The Bertz CT molecular complexity index is 477. The lowest BCUT2D eigenvalue weighted by molar-refractivity contribution is -0.121. The Hall–Kier alpha value is -1.17. The highest BCUT2D eigenvalue weighted by atomic mass is 16.3. The Morgan fingerprint density at radius 1 is 1.25 bits per heavy atom. The molecule has 4 N–H and O–H groups in total. The largest absolute Gasteiger partial charge is 0.395 e. The Morgan fingerprint density at radius 3 is 2.75 bits per heavy atom. The van der Waals surface area contributed by atoms with Crippen LogP contribution in [-0.2, 0) is 4.79 Å². The smallest absolute Gasteiger partial charge is 0.220 e. The Labute approximate surface area is 170 Å². The average molecular weight is 396 g/mol. The van der Waals surface area contributed by atoms with Crippen LogP contribution in [0.25, 0.3) is 0 Å². The predicted octanol–water partition coefficient (Wildman–Crippen LogP) is 3.34. The molecule has 0 spiro atoms. The van der Waals surface area contributed by atoms with E-state index in [1.807, 2.05) is 6.08 Å². The van der Waals surface area contributed by atoms with Crippen LogP contribution in [0, 0.1) is 17.8 Å². The number of carbonyl (C=O) groups excluding carboxylic acids is 1. The third kappa shape index (κ3) is 9.85. The molecule has 162 valence electrons. The third-order valence-corrected chi connectivity index (χ3v) is 5.70. The monoisotopic (exact) mass is 395 g/mol. The second-order valence-corrected chi connectivity index (χ2v) is 8.14. The Balaban J connectivity index is 2.39. The van der Waals surface area contributed by atoms with Gasteiger partial charge in [0.25, 0.3) is 0 Å². The molecule has 0 bridgehead atoms. The van der Waals surface area contributed by atoms with Crippen LogP contribution in [0.15, 0.2) is 24.3 Å². The molecule has 0 heterocycles. The number of carbonyl (C=O) groups is 1. The molecule has 0 aromatic heterocycles. The van der Waals surface area contributed by atoms with Gasteiger partial charge in [0.1, 0.15) is 0 Å². The number of aliphatic hydroxyl groups excluding tert-OH is 3. The minimum atomic E-state index is -0.385. The zero-order chi connectivity index (χ0) is 20.8. The van der Waals surface area contributed by atoms with E-state index in [-0.39, 0.29) is 30.6 Å². The van der Waals surface area contributed by atoms with Gasteiger partial charge in [0, 0.05) is 13.0 Å². The molecular formula is C23H41NO4. The third-order valence-electron chi connectivity index (χ3n) is 5.70. The average Bonchev–Trinajstić information content (AvgIpc) is 2.94. The van der Waals surface area contributed by atoms with E-state index in [1.54, 1.807) is 0 Å². The summed E-state index contributed by atoms with van der Waals surface area (Å²) in [6.45, 7) is 4.62. The van der Waals surface area contributed by atoms with Gasteiger partial charge in [-0.15, -0.1) is 0 Å². The van der Waals surface area contributed by atoms with Crippen LogP contribution in [0.3, 0.4) is 0 Å². The zero-order valence-corrected chi connectivity index (χ0v) is 17.7. The molecule has 0 aliphatic heterocycles. The second-order valence-electron chi connectivity index (χ2n) is 8.14. The molecule has 1 amide bonds. The van der Waals surface area contributed by atoms with Crippen molar-refractivity contribution in [1.29, 1.82) is 0 Å². The summed E-state index contributed by atoms with van der Waals surface area (Å²) >= 11 is 0. The summed E-state index contributed by atoms with van der Waals surface area (Å²) in [5, 5.41) is 31.9. The van der Waals surface area contributed by atoms with Crippen LogP contribution in [0.1, 0.15) is 71.6 Å². The van der Waals surface area contributed by atoms with Crippen LogP contribution in [0.5, 0.6) is 0 Å². The lowest BCUT2D eigenvalue weighted by Crippen LogP contribution is -2.25.